The third kappa shape index (κ3) is 6.57. The van der Waals surface area contributed by atoms with Gasteiger partial charge in [-0.15, -0.1) is 0 Å². The van der Waals surface area contributed by atoms with E-state index in [0.717, 1.165) is 12.0 Å². The van der Waals surface area contributed by atoms with Gasteiger partial charge in [0.15, 0.2) is 11.5 Å². The molecule has 1 heterocycles. The van der Waals surface area contributed by atoms with Crippen molar-refractivity contribution in [2.24, 2.45) is 0 Å². The summed E-state index contributed by atoms with van der Waals surface area (Å²) in [5.74, 6) is 1.09. The molecule has 1 aliphatic heterocycles. The van der Waals surface area contributed by atoms with Crippen molar-refractivity contribution in [3.05, 3.63) is 57.6 Å². The number of aryl methyl sites for hydroxylation is 1. The van der Waals surface area contributed by atoms with E-state index >= 15 is 0 Å². The van der Waals surface area contributed by atoms with Gasteiger partial charge in [0.1, 0.15) is 19.3 Å². The molecule has 0 spiro atoms. The fourth-order valence-electron chi connectivity index (χ4n) is 3.85. The smallest absolute Gasteiger partial charge is 0.243 e. The number of rotatable bonds is 10. The number of nitrogens with one attached hydrogen (secondary N) is 1. The van der Waals surface area contributed by atoms with Gasteiger partial charge in [0.25, 0.3) is 0 Å². The first-order valence-corrected chi connectivity index (χ1v) is 12.5. The van der Waals surface area contributed by atoms with Gasteiger partial charge in [-0.3, -0.25) is 9.59 Å². The van der Waals surface area contributed by atoms with E-state index in [0.29, 0.717) is 53.2 Å². The number of carbonyl (C=O) groups is 2. The molecule has 1 N–H and O–H groups in total. The number of hydrogen-bond acceptors (Lipinski definition) is 4. The van der Waals surface area contributed by atoms with Gasteiger partial charge in [0.05, 0.1) is 0 Å². The molecule has 0 aromatic heterocycles. The Morgan fingerprint density at radius 1 is 1.03 bits per heavy atom. The zero-order valence-corrected chi connectivity index (χ0v) is 21.4. The van der Waals surface area contributed by atoms with Crippen molar-refractivity contribution < 1.29 is 19.1 Å². The molecule has 0 aliphatic carbocycles. The molecule has 0 fully saturated rings. The molecule has 6 nitrogen and oxygen atoms in total. The second-order valence-corrected chi connectivity index (χ2v) is 9.26. The fraction of sp³-hybridized carbons (Fsp3) is 0.462. The maximum absolute atomic E-state index is 13.5. The average Bonchev–Trinajstić information content (AvgIpc) is 2.83. The van der Waals surface area contributed by atoms with E-state index in [-0.39, 0.29) is 30.8 Å². The van der Waals surface area contributed by atoms with Gasteiger partial charge in [-0.05, 0) is 56.0 Å². The minimum Gasteiger partial charge on any atom is -0.486 e. The van der Waals surface area contributed by atoms with Crippen LogP contribution in [0.5, 0.6) is 11.5 Å². The van der Waals surface area contributed by atoms with Crippen molar-refractivity contribution in [3.63, 3.8) is 0 Å². The van der Waals surface area contributed by atoms with Crippen LogP contribution < -0.4 is 14.8 Å². The normalized spacial score (nSPS) is 14.3. The van der Waals surface area contributed by atoms with Crippen molar-refractivity contribution in [1.29, 1.82) is 0 Å². The monoisotopic (exact) mass is 506 g/mol. The molecule has 2 amide bonds. The number of amides is 2. The zero-order chi connectivity index (χ0) is 24.7. The second kappa shape index (κ2) is 12.3. The van der Waals surface area contributed by atoms with Gasteiger partial charge in [-0.1, -0.05) is 49.2 Å². The molecular weight excluding hydrogens is 475 g/mol. The fourth-order valence-corrected chi connectivity index (χ4v) is 4.37. The molecule has 0 unspecified atom stereocenters. The summed E-state index contributed by atoms with van der Waals surface area (Å²) in [4.78, 5) is 28.2. The highest BCUT2D eigenvalue weighted by Gasteiger charge is 2.30. The lowest BCUT2D eigenvalue weighted by atomic mass is 10.0. The molecule has 2 atom stereocenters. The van der Waals surface area contributed by atoms with Crippen LogP contribution >= 0.6 is 23.2 Å². The van der Waals surface area contributed by atoms with Crippen LogP contribution in [0.15, 0.2) is 36.4 Å². The van der Waals surface area contributed by atoms with E-state index in [1.165, 1.54) is 0 Å². The molecule has 0 saturated carbocycles. The van der Waals surface area contributed by atoms with Crippen LogP contribution in [-0.4, -0.2) is 42.0 Å². The van der Waals surface area contributed by atoms with Gasteiger partial charge < -0.3 is 19.7 Å². The molecule has 3 rings (SSSR count). The molecule has 1 aliphatic rings. The number of ether oxygens (including phenoxy) is 2. The van der Waals surface area contributed by atoms with Crippen LogP contribution in [0.2, 0.25) is 10.0 Å². The van der Waals surface area contributed by atoms with Crippen molar-refractivity contribution >= 4 is 35.0 Å². The van der Waals surface area contributed by atoms with Gasteiger partial charge in [-0.2, -0.15) is 0 Å². The summed E-state index contributed by atoms with van der Waals surface area (Å²) < 4.78 is 11.2. The highest BCUT2D eigenvalue weighted by molar-refractivity contribution is 6.36. The average molecular weight is 507 g/mol. The molecule has 8 heteroatoms. The van der Waals surface area contributed by atoms with Crippen LogP contribution in [0.1, 0.15) is 51.2 Å². The number of benzene rings is 2. The molecule has 184 valence electrons. The van der Waals surface area contributed by atoms with Crippen LogP contribution in [-0.2, 0) is 22.6 Å². The maximum Gasteiger partial charge on any atom is 0.243 e. The van der Waals surface area contributed by atoms with E-state index in [1.807, 2.05) is 39.0 Å². The highest BCUT2D eigenvalue weighted by atomic mass is 35.5. The Kier molecular flexibility index (Phi) is 9.48. The predicted molar refractivity (Wildman–Crippen MR) is 135 cm³/mol. The lowest BCUT2D eigenvalue weighted by Gasteiger charge is -2.32. The lowest BCUT2D eigenvalue weighted by Crippen LogP contribution is -2.50. The molecule has 0 radical (unpaired) electrons. The number of hydrogen-bond donors (Lipinski definition) is 1. The first kappa shape index (κ1) is 26.2. The second-order valence-electron chi connectivity index (χ2n) is 8.44. The highest BCUT2D eigenvalue weighted by Crippen LogP contribution is 2.31. The third-order valence-corrected chi connectivity index (χ3v) is 6.72. The zero-order valence-electron chi connectivity index (χ0n) is 19.9. The Balaban J connectivity index is 1.81. The van der Waals surface area contributed by atoms with Gasteiger partial charge >= 0.3 is 0 Å². The number of fused-ring (bicyclic) bond motifs is 1. The van der Waals surface area contributed by atoms with Crippen LogP contribution in [0.25, 0.3) is 0 Å². The minimum atomic E-state index is -0.630. The molecule has 34 heavy (non-hydrogen) atoms. The summed E-state index contributed by atoms with van der Waals surface area (Å²) >= 11 is 12.8. The Hall–Kier alpha value is -2.44. The SMILES string of the molecule is CC[C@@H](C)NC(=O)[C@H](CC)N(Cc1c(Cl)cccc1Cl)C(=O)CCc1ccc2c(c1)OCCO2. The van der Waals surface area contributed by atoms with E-state index in [1.54, 1.807) is 23.1 Å². The van der Waals surface area contributed by atoms with Crippen LogP contribution in [0.3, 0.4) is 0 Å². The number of nitrogens with zero attached hydrogens (tertiary/aromatic N) is 1. The van der Waals surface area contributed by atoms with E-state index < -0.39 is 6.04 Å². The van der Waals surface area contributed by atoms with E-state index in [4.69, 9.17) is 32.7 Å². The first-order chi connectivity index (χ1) is 16.3. The van der Waals surface area contributed by atoms with Crippen LogP contribution in [0.4, 0.5) is 0 Å². The van der Waals surface area contributed by atoms with Gasteiger partial charge in [0.2, 0.25) is 11.8 Å². The lowest BCUT2D eigenvalue weighted by molar-refractivity contribution is -0.141. The molecular formula is C26H32Cl2N2O4. The van der Waals surface area contributed by atoms with Crippen LogP contribution in [0, 0.1) is 0 Å². The van der Waals surface area contributed by atoms with Crippen molar-refractivity contribution in [2.45, 2.75) is 65.1 Å². The van der Waals surface area contributed by atoms with E-state index in [2.05, 4.69) is 5.32 Å². The molecule has 0 bridgehead atoms. The predicted octanol–water partition coefficient (Wildman–Crippen LogP) is 5.42. The largest absolute Gasteiger partial charge is 0.486 e. The topological polar surface area (TPSA) is 67.9 Å². The first-order valence-electron chi connectivity index (χ1n) is 11.7. The summed E-state index contributed by atoms with van der Waals surface area (Å²) in [6.45, 7) is 7.04. The van der Waals surface area contributed by atoms with Crippen molar-refractivity contribution in [3.8, 4) is 11.5 Å². The Bertz CT molecular complexity index is 994. The van der Waals surface area contributed by atoms with E-state index in [9.17, 15) is 9.59 Å². The molecule has 2 aromatic carbocycles. The summed E-state index contributed by atoms with van der Waals surface area (Å²) in [6, 6.07) is 10.3. The van der Waals surface area contributed by atoms with Gasteiger partial charge in [-0.25, -0.2) is 0 Å². The van der Waals surface area contributed by atoms with Gasteiger partial charge in [0, 0.05) is 34.6 Å². The third-order valence-electron chi connectivity index (χ3n) is 6.01. The molecule has 2 aromatic rings. The Morgan fingerprint density at radius 2 is 1.71 bits per heavy atom. The number of halogens is 2. The maximum atomic E-state index is 13.5. The summed E-state index contributed by atoms with van der Waals surface area (Å²) in [5.41, 5.74) is 1.60. The standard InChI is InChI=1S/C26H32Cl2N2O4/c1-4-17(3)29-26(32)22(5-2)30(16-19-20(27)7-6-8-21(19)28)25(31)12-10-18-9-11-23-24(15-18)34-14-13-33-23/h6-9,11,15,17,22H,4-5,10,12-14,16H2,1-3H3,(H,29,32)/t17-,22+/m1/s1. The Labute approximate surface area is 211 Å². The van der Waals surface area contributed by atoms with Crippen molar-refractivity contribution in [2.75, 3.05) is 13.2 Å². The minimum absolute atomic E-state index is 0.0140. The summed E-state index contributed by atoms with van der Waals surface area (Å²) in [7, 11) is 0. The molecule has 0 saturated heterocycles. The quantitative estimate of drug-likeness (QED) is 0.467. The summed E-state index contributed by atoms with van der Waals surface area (Å²) in [6.07, 6.45) is 2.01. The number of carbonyl (C=O) groups excluding carboxylic acids is 2. The Morgan fingerprint density at radius 3 is 2.35 bits per heavy atom. The summed E-state index contributed by atoms with van der Waals surface area (Å²) in [5, 5.41) is 3.94. The van der Waals surface area contributed by atoms with Crippen molar-refractivity contribution in [1.82, 2.24) is 10.2 Å².